The summed E-state index contributed by atoms with van der Waals surface area (Å²) >= 11 is 0. The highest BCUT2D eigenvalue weighted by Crippen LogP contribution is 2.50. The van der Waals surface area contributed by atoms with Crippen LogP contribution in [-0.2, 0) is 6.42 Å². The van der Waals surface area contributed by atoms with E-state index in [1.807, 2.05) is 0 Å². The molecular formula is C35H26. The molecule has 0 heterocycles. The Balaban J connectivity index is 1.56. The Labute approximate surface area is 206 Å². The first-order valence-electron chi connectivity index (χ1n) is 12.4. The van der Waals surface area contributed by atoms with Crippen LogP contribution in [0.2, 0.25) is 0 Å². The Morgan fingerprint density at radius 3 is 2.00 bits per heavy atom. The number of fused-ring (bicyclic) bond motifs is 7. The Morgan fingerprint density at radius 1 is 0.514 bits per heavy atom. The van der Waals surface area contributed by atoms with Crippen molar-refractivity contribution >= 4 is 21.5 Å². The number of rotatable bonds is 2. The van der Waals surface area contributed by atoms with Crippen molar-refractivity contribution in [1.82, 2.24) is 0 Å². The Hall–Kier alpha value is -4.16. The lowest BCUT2D eigenvalue weighted by molar-refractivity contribution is 1.22. The van der Waals surface area contributed by atoms with Crippen molar-refractivity contribution in [3.8, 4) is 33.4 Å². The fourth-order valence-electron chi connectivity index (χ4n) is 6.13. The van der Waals surface area contributed by atoms with Crippen molar-refractivity contribution in [3.05, 3.63) is 131 Å². The van der Waals surface area contributed by atoms with Crippen molar-refractivity contribution < 1.29 is 0 Å². The zero-order valence-electron chi connectivity index (χ0n) is 20.1. The van der Waals surface area contributed by atoms with E-state index in [0.717, 1.165) is 6.42 Å². The van der Waals surface area contributed by atoms with Crippen molar-refractivity contribution in [2.24, 2.45) is 0 Å². The highest BCUT2D eigenvalue weighted by molar-refractivity contribution is 6.14. The molecule has 0 fully saturated rings. The zero-order valence-corrected chi connectivity index (χ0v) is 20.1. The summed E-state index contributed by atoms with van der Waals surface area (Å²) in [6, 6.07) is 40.1. The number of hydrogen-bond acceptors (Lipinski definition) is 0. The maximum absolute atomic E-state index is 2.39. The normalized spacial score (nSPS) is 12.2. The third-order valence-corrected chi connectivity index (χ3v) is 7.84. The van der Waals surface area contributed by atoms with Crippen molar-refractivity contribution in [3.63, 3.8) is 0 Å². The topological polar surface area (TPSA) is 0 Å². The summed E-state index contributed by atoms with van der Waals surface area (Å²) in [4.78, 5) is 0. The van der Waals surface area contributed by atoms with Crippen LogP contribution < -0.4 is 0 Å². The smallest absolute Gasteiger partial charge is 0.00101 e. The van der Waals surface area contributed by atoms with Gasteiger partial charge < -0.3 is 0 Å². The maximum atomic E-state index is 2.39. The van der Waals surface area contributed by atoms with Crippen LogP contribution in [0.3, 0.4) is 0 Å². The molecule has 0 amide bonds. The van der Waals surface area contributed by atoms with Gasteiger partial charge in [0.15, 0.2) is 0 Å². The molecule has 0 bridgehead atoms. The first-order valence-corrected chi connectivity index (χ1v) is 12.4. The van der Waals surface area contributed by atoms with Crippen LogP contribution in [0.4, 0.5) is 0 Å². The van der Waals surface area contributed by atoms with Gasteiger partial charge in [0.05, 0.1) is 0 Å². The molecule has 1 aliphatic rings. The summed E-state index contributed by atoms with van der Waals surface area (Å²) in [5, 5.41) is 5.39. The molecule has 0 aromatic heterocycles. The fourth-order valence-corrected chi connectivity index (χ4v) is 6.13. The summed E-state index contributed by atoms with van der Waals surface area (Å²) in [6.45, 7) is 4.58. The minimum Gasteiger partial charge on any atom is -0.0622 e. The lowest BCUT2D eigenvalue weighted by atomic mass is 9.84. The average molecular weight is 447 g/mol. The Morgan fingerprint density at radius 2 is 1.20 bits per heavy atom. The molecule has 0 nitrogen and oxygen atoms in total. The molecular weight excluding hydrogens is 420 g/mol. The molecule has 0 saturated heterocycles. The molecule has 0 spiro atoms. The Bertz CT molecular complexity index is 1770. The first kappa shape index (κ1) is 20.2. The molecule has 0 aliphatic heterocycles. The van der Waals surface area contributed by atoms with Crippen LogP contribution >= 0.6 is 0 Å². The fraction of sp³-hybridized carbons (Fsp3) is 0.0857. The predicted octanol–water partition coefficient (Wildman–Crippen LogP) is 9.52. The van der Waals surface area contributed by atoms with Gasteiger partial charge in [0, 0.05) is 0 Å². The molecule has 0 atom stereocenters. The SMILES string of the molecule is Cc1ccc(-c2ccccc2)cc1-c1c(C)c2c(c3ccccc13)-c1c(ccc3ccccc13)C2. The number of benzene rings is 6. The lowest BCUT2D eigenvalue weighted by Crippen LogP contribution is -1.96. The third-order valence-electron chi connectivity index (χ3n) is 7.84. The average Bonchev–Trinajstić information content (AvgIpc) is 3.31. The van der Waals surface area contributed by atoms with Gasteiger partial charge in [-0.25, -0.2) is 0 Å². The van der Waals surface area contributed by atoms with Gasteiger partial charge >= 0.3 is 0 Å². The maximum Gasteiger partial charge on any atom is -0.00101 e. The van der Waals surface area contributed by atoms with Gasteiger partial charge in [-0.2, -0.15) is 0 Å². The van der Waals surface area contributed by atoms with E-state index in [1.165, 1.54) is 77.2 Å². The molecule has 6 aromatic carbocycles. The van der Waals surface area contributed by atoms with E-state index >= 15 is 0 Å². The largest absolute Gasteiger partial charge is 0.0622 e. The molecule has 166 valence electrons. The van der Waals surface area contributed by atoms with Crippen molar-refractivity contribution in [2.45, 2.75) is 20.3 Å². The molecule has 0 saturated carbocycles. The van der Waals surface area contributed by atoms with E-state index in [0.29, 0.717) is 0 Å². The van der Waals surface area contributed by atoms with Crippen LogP contribution in [0.15, 0.2) is 109 Å². The van der Waals surface area contributed by atoms with E-state index in [2.05, 4.69) is 123 Å². The summed E-state index contributed by atoms with van der Waals surface area (Å²) < 4.78 is 0. The third kappa shape index (κ3) is 3.00. The second kappa shape index (κ2) is 7.68. The zero-order chi connectivity index (χ0) is 23.5. The lowest BCUT2D eigenvalue weighted by Gasteiger charge is -2.20. The van der Waals surface area contributed by atoms with Crippen molar-refractivity contribution in [1.29, 1.82) is 0 Å². The van der Waals surface area contributed by atoms with Gasteiger partial charge in [-0.3, -0.25) is 0 Å². The molecule has 0 heteroatoms. The van der Waals surface area contributed by atoms with Gasteiger partial charge in [0.2, 0.25) is 0 Å². The minimum atomic E-state index is 0.997. The van der Waals surface area contributed by atoms with Crippen molar-refractivity contribution in [2.75, 3.05) is 0 Å². The Kier molecular flexibility index (Phi) is 4.44. The van der Waals surface area contributed by atoms with Crippen LogP contribution in [-0.4, -0.2) is 0 Å². The molecule has 7 rings (SSSR count). The first-order chi connectivity index (χ1) is 17.2. The van der Waals surface area contributed by atoms with Gasteiger partial charge in [-0.05, 0) is 104 Å². The molecule has 35 heavy (non-hydrogen) atoms. The second-order valence-corrected chi connectivity index (χ2v) is 9.79. The van der Waals surface area contributed by atoms with E-state index in [-0.39, 0.29) is 0 Å². The monoisotopic (exact) mass is 446 g/mol. The van der Waals surface area contributed by atoms with E-state index in [1.54, 1.807) is 0 Å². The predicted molar refractivity (Wildman–Crippen MR) is 150 cm³/mol. The summed E-state index contributed by atoms with van der Waals surface area (Å²) in [6.07, 6.45) is 0.997. The summed E-state index contributed by atoms with van der Waals surface area (Å²) in [5.41, 5.74) is 13.8. The van der Waals surface area contributed by atoms with Crippen LogP contribution in [0.5, 0.6) is 0 Å². The minimum absolute atomic E-state index is 0.997. The van der Waals surface area contributed by atoms with Gasteiger partial charge in [-0.1, -0.05) is 103 Å². The summed E-state index contributed by atoms with van der Waals surface area (Å²) in [7, 11) is 0. The van der Waals surface area contributed by atoms with Crippen LogP contribution in [0.25, 0.3) is 54.9 Å². The van der Waals surface area contributed by atoms with E-state index < -0.39 is 0 Å². The van der Waals surface area contributed by atoms with Gasteiger partial charge in [-0.15, -0.1) is 0 Å². The highest BCUT2D eigenvalue weighted by Gasteiger charge is 2.27. The van der Waals surface area contributed by atoms with Crippen LogP contribution in [0.1, 0.15) is 22.3 Å². The van der Waals surface area contributed by atoms with E-state index in [9.17, 15) is 0 Å². The molecule has 6 aromatic rings. The number of aryl methyl sites for hydroxylation is 1. The summed E-state index contributed by atoms with van der Waals surface area (Å²) in [5.74, 6) is 0. The van der Waals surface area contributed by atoms with Gasteiger partial charge in [0.25, 0.3) is 0 Å². The quantitative estimate of drug-likeness (QED) is 0.248. The molecule has 0 radical (unpaired) electrons. The molecule has 0 N–H and O–H groups in total. The van der Waals surface area contributed by atoms with E-state index in [4.69, 9.17) is 0 Å². The molecule has 1 aliphatic carbocycles. The molecule has 0 unspecified atom stereocenters. The number of hydrogen-bond donors (Lipinski definition) is 0. The van der Waals surface area contributed by atoms with Gasteiger partial charge in [0.1, 0.15) is 0 Å². The highest BCUT2D eigenvalue weighted by atomic mass is 14.3. The second-order valence-electron chi connectivity index (χ2n) is 9.79. The van der Waals surface area contributed by atoms with Crippen LogP contribution in [0, 0.1) is 13.8 Å². The standard InChI is InChI=1S/C35H26/c1-22-16-17-26(24-10-4-3-5-11-24)20-31(22)33-23(2)32-21-27-19-18-25-12-6-7-13-28(25)34(27)35(32)30-15-9-8-14-29(30)33/h3-20H,21H2,1-2H3.